The smallest absolute Gasteiger partial charge is 0.449 e. The number of benzene rings is 2. The molecule has 2 aromatic carbocycles. The highest BCUT2D eigenvalue weighted by Gasteiger charge is 2.24. The molecule has 5 heteroatoms. The van der Waals surface area contributed by atoms with Gasteiger partial charge >= 0.3 is 6.16 Å². The minimum Gasteiger partial charge on any atom is -0.449 e. The first-order valence-corrected chi connectivity index (χ1v) is 8.32. The number of ether oxygens (including phenoxy) is 1. The van der Waals surface area contributed by atoms with Crippen molar-refractivity contribution < 1.29 is 19.4 Å². The molecule has 116 valence electrons. The molecule has 0 saturated carbocycles. The molecule has 1 heterocycles. The van der Waals surface area contributed by atoms with Crippen LogP contribution in [0.5, 0.6) is 5.75 Å². The number of aryl methyl sites for hydroxylation is 3. The number of carbonyl (C=O) groups is 2. The van der Waals surface area contributed by atoms with E-state index in [1.165, 1.54) is 11.1 Å². The Bertz CT molecular complexity index is 841. The summed E-state index contributed by atoms with van der Waals surface area (Å²) in [6, 6.07) is 9.55. The van der Waals surface area contributed by atoms with E-state index in [1.54, 1.807) is 23.9 Å². The maximum Gasteiger partial charge on any atom is 0.511 e. The van der Waals surface area contributed by atoms with Gasteiger partial charge in [0.05, 0.1) is 0 Å². The Balaban J connectivity index is 1.74. The van der Waals surface area contributed by atoms with Gasteiger partial charge in [-0.1, -0.05) is 23.9 Å². The van der Waals surface area contributed by atoms with E-state index < -0.39 is 6.16 Å². The fraction of sp³-hybridized carbons (Fsp3) is 0.222. The molecular weight excluding hydrogens is 312 g/mol. The standard InChI is InChI=1S/C18H14O4S/c19-15-6-4-11-7-12-2-1-10-3-5-13(22-18(20)21)8-16(10)23-17(12)9-14(11)15/h3,5,7-9H,1-2,4,6H2,(H,20,21). The SMILES string of the molecule is O=C(O)Oc1ccc2c(c1)Sc1cc3c(cc1CC2)CCC3=O. The second-order valence-corrected chi connectivity index (χ2v) is 6.86. The second kappa shape index (κ2) is 5.42. The molecule has 4 nitrogen and oxygen atoms in total. The van der Waals surface area contributed by atoms with Crippen LogP contribution in [0, 0.1) is 0 Å². The third kappa shape index (κ3) is 2.61. The Morgan fingerprint density at radius 1 is 0.957 bits per heavy atom. The van der Waals surface area contributed by atoms with Crippen molar-refractivity contribution in [2.45, 2.75) is 35.5 Å². The van der Waals surface area contributed by atoms with Crippen LogP contribution in [0.15, 0.2) is 40.1 Å². The van der Waals surface area contributed by atoms with Crippen LogP contribution < -0.4 is 4.74 Å². The molecule has 0 atom stereocenters. The number of ketones is 1. The van der Waals surface area contributed by atoms with Gasteiger partial charge in [0, 0.05) is 21.8 Å². The molecule has 4 rings (SSSR count). The zero-order chi connectivity index (χ0) is 16.0. The molecule has 0 amide bonds. The van der Waals surface area contributed by atoms with Gasteiger partial charge in [-0.2, -0.15) is 0 Å². The molecule has 0 aromatic heterocycles. The zero-order valence-corrected chi connectivity index (χ0v) is 13.1. The first-order valence-electron chi connectivity index (χ1n) is 7.51. The van der Waals surface area contributed by atoms with Gasteiger partial charge in [0.2, 0.25) is 0 Å². The third-order valence-corrected chi connectivity index (χ3v) is 5.54. The molecule has 0 radical (unpaired) electrons. The fourth-order valence-electron chi connectivity index (χ4n) is 3.20. The predicted octanol–water partition coefficient (Wildman–Crippen LogP) is 4.12. The Labute approximate surface area is 137 Å². The minimum atomic E-state index is -1.31. The first kappa shape index (κ1) is 14.3. The van der Waals surface area contributed by atoms with Crippen LogP contribution in [-0.4, -0.2) is 17.0 Å². The van der Waals surface area contributed by atoms with Gasteiger partial charge in [0.25, 0.3) is 0 Å². The van der Waals surface area contributed by atoms with Crippen molar-refractivity contribution in [3.8, 4) is 5.75 Å². The van der Waals surface area contributed by atoms with E-state index in [1.807, 2.05) is 12.1 Å². The number of fused-ring (bicyclic) bond motifs is 3. The predicted molar refractivity (Wildman–Crippen MR) is 85.7 cm³/mol. The molecule has 2 aliphatic rings. The van der Waals surface area contributed by atoms with E-state index in [-0.39, 0.29) is 5.78 Å². The summed E-state index contributed by atoms with van der Waals surface area (Å²) in [5, 5.41) is 8.75. The molecule has 0 spiro atoms. The average molecular weight is 326 g/mol. The van der Waals surface area contributed by atoms with Crippen LogP contribution in [0.2, 0.25) is 0 Å². The molecule has 1 aliphatic carbocycles. The molecule has 0 unspecified atom stereocenters. The summed E-state index contributed by atoms with van der Waals surface area (Å²) < 4.78 is 4.75. The van der Waals surface area contributed by atoms with Crippen molar-refractivity contribution in [3.63, 3.8) is 0 Å². The van der Waals surface area contributed by atoms with Crippen molar-refractivity contribution in [2.75, 3.05) is 0 Å². The zero-order valence-electron chi connectivity index (χ0n) is 12.3. The summed E-state index contributed by atoms with van der Waals surface area (Å²) in [6.45, 7) is 0. The Morgan fingerprint density at radius 2 is 1.70 bits per heavy atom. The van der Waals surface area contributed by atoms with Crippen molar-refractivity contribution >= 4 is 23.7 Å². The van der Waals surface area contributed by atoms with Gasteiger partial charge < -0.3 is 9.84 Å². The number of hydrogen-bond acceptors (Lipinski definition) is 4. The molecular formula is C18H14O4S. The van der Waals surface area contributed by atoms with E-state index in [0.29, 0.717) is 12.2 Å². The van der Waals surface area contributed by atoms with Crippen LogP contribution in [0.3, 0.4) is 0 Å². The molecule has 1 aliphatic heterocycles. The van der Waals surface area contributed by atoms with E-state index in [9.17, 15) is 9.59 Å². The highest BCUT2D eigenvalue weighted by molar-refractivity contribution is 7.99. The number of Topliss-reactive ketones (excluding diaryl/α,β-unsaturated/α-hetero) is 1. The van der Waals surface area contributed by atoms with Gasteiger partial charge in [-0.15, -0.1) is 0 Å². The normalized spacial score (nSPS) is 15.4. The minimum absolute atomic E-state index is 0.218. The summed E-state index contributed by atoms with van der Waals surface area (Å²) in [6.07, 6.45) is 1.96. The first-order chi connectivity index (χ1) is 11.1. The van der Waals surface area contributed by atoms with Gasteiger partial charge in [-0.25, -0.2) is 4.79 Å². The Hall–Kier alpha value is -2.27. The van der Waals surface area contributed by atoms with Gasteiger partial charge in [0.1, 0.15) is 5.75 Å². The van der Waals surface area contributed by atoms with Crippen LogP contribution in [0.4, 0.5) is 4.79 Å². The molecule has 0 fully saturated rings. The topological polar surface area (TPSA) is 63.6 Å². The fourth-order valence-corrected chi connectivity index (χ4v) is 4.39. The van der Waals surface area contributed by atoms with Crippen molar-refractivity contribution in [3.05, 3.63) is 52.6 Å². The van der Waals surface area contributed by atoms with Gasteiger partial charge in [0.15, 0.2) is 5.78 Å². The second-order valence-electron chi connectivity index (χ2n) is 5.78. The maximum absolute atomic E-state index is 12.0. The monoisotopic (exact) mass is 326 g/mol. The molecule has 23 heavy (non-hydrogen) atoms. The Morgan fingerprint density at radius 3 is 2.52 bits per heavy atom. The summed E-state index contributed by atoms with van der Waals surface area (Å²) in [7, 11) is 0. The van der Waals surface area contributed by atoms with Gasteiger partial charge in [-0.05, 0) is 54.2 Å². The van der Waals surface area contributed by atoms with Crippen LogP contribution >= 0.6 is 11.8 Å². The van der Waals surface area contributed by atoms with Crippen LogP contribution in [0.25, 0.3) is 0 Å². The van der Waals surface area contributed by atoms with Gasteiger partial charge in [-0.3, -0.25) is 4.79 Å². The average Bonchev–Trinajstić information content (AvgIpc) is 2.76. The van der Waals surface area contributed by atoms with Crippen molar-refractivity contribution in [1.82, 2.24) is 0 Å². The van der Waals surface area contributed by atoms with E-state index in [4.69, 9.17) is 9.84 Å². The lowest BCUT2D eigenvalue weighted by atomic mass is 10.0. The quantitative estimate of drug-likeness (QED) is 0.631. The number of carbonyl (C=O) groups excluding carboxylic acids is 1. The molecule has 0 saturated heterocycles. The van der Waals surface area contributed by atoms with E-state index in [0.717, 1.165) is 40.2 Å². The summed E-state index contributed by atoms with van der Waals surface area (Å²) in [4.78, 5) is 24.7. The van der Waals surface area contributed by atoms with Crippen LogP contribution in [0.1, 0.15) is 33.5 Å². The molecule has 0 bridgehead atoms. The number of carboxylic acid groups (broad SMARTS) is 1. The largest absolute Gasteiger partial charge is 0.511 e. The number of rotatable bonds is 1. The van der Waals surface area contributed by atoms with E-state index >= 15 is 0 Å². The molecule has 1 N–H and O–H groups in total. The highest BCUT2D eigenvalue weighted by atomic mass is 32.2. The summed E-state index contributed by atoms with van der Waals surface area (Å²) in [5.41, 5.74) is 4.45. The lowest BCUT2D eigenvalue weighted by molar-refractivity contribution is 0.0994. The maximum atomic E-state index is 12.0. The number of hydrogen-bond donors (Lipinski definition) is 1. The van der Waals surface area contributed by atoms with Crippen molar-refractivity contribution in [1.29, 1.82) is 0 Å². The lowest BCUT2D eigenvalue weighted by Gasteiger charge is -2.09. The molecule has 2 aromatic rings. The third-order valence-electron chi connectivity index (χ3n) is 4.34. The highest BCUT2D eigenvalue weighted by Crippen LogP contribution is 2.41. The lowest BCUT2D eigenvalue weighted by Crippen LogP contribution is -2.03. The summed E-state index contributed by atoms with van der Waals surface area (Å²) in [5.74, 6) is 0.542. The van der Waals surface area contributed by atoms with Crippen molar-refractivity contribution in [2.24, 2.45) is 0 Å². The van der Waals surface area contributed by atoms with E-state index in [2.05, 4.69) is 6.07 Å². The van der Waals surface area contributed by atoms with Crippen LogP contribution in [-0.2, 0) is 19.3 Å². The summed E-state index contributed by atoms with van der Waals surface area (Å²) >= 11 is 1.59. The Kier molecular flexibility index (Phi) is 3.38.